The molecule has 180 valence electrons. The van der Waals surface area contributed by atoms with Crippen molar-refractivity contribution >= 4 is 72.3 Å². The fourth-order valence-electron chi connectivity index (χ4n) is 4.87. The van der Waals surface area contributed by atoms with Gasteiger partial charge in [-0.15, -0.1) is 0 Å². The van der Waals surface area contributed by atoms with Crippen LogP contribution in [0.2, 0.25) is 10.0 Å². The van der Waals surface area contributed by atoms with Crippen molar-refractivity contribution in [2.45, 2.75) is 34.3 Å². The third-order valence-electron chi connectivity index (χ3n) is 6.37. The van der Waals surface area contributed by atoms with E-state index in [0.29, 0.717) is 41.3 Å². The van der Waals surface area contributed by atoms with Gasteiger partial charge in [-0.05, 0) is 67.9 Å². The Kier molecular flexibility index (Phi) is 6.52. The summed E-state index contributed by atoms with van der Waals surface area (Å²) in [5, 5.41) is 9.11. The average Bonchev–Trinajstić information content (AvgIpc) is 2.82. The van der Waals surface area contributed by atoms with Gasteiger partial charge in [-0.25, -0.2) is 4.79 Å². The zero-order valence-electron chi connectivity index (χ0n) is 20.4. The van der Waals surface area contributed by atoms with Gasteiger partial charge in [0.15, 0.2) is 0 Å². The molecule has 35 heavy (non-hydrogen) atoms. The minimum absolute atomic E-state index is 0.260. The lowest BCUT2D eigenvalue weighted by atomic mass is 9.87. The molecule has 0 aromatic heterocycles. The van der Waals surface area contributed by atoms with Gasteiger partial charge in [0.05, 0.1) is 18.8 Å². The van der Waals surface area contributed by atoms with E-state index in [1.165, 1.54) is 0 Å². The van der Waals surface area contributed by atoms with E-state index in [1.54, 1.807) is 0 Å². The van der Waals surface area contributed by atoms with Crippen LogP contribution in [0.5, 0.6) is 0 Å². The molecule has 5 heteroatoms. The first-order chi connectivity index (χ1) is 16.8. The van der Waals surface area contributed by atoms with Gasteiger partial charge in [0.2, 0.25) is 0 Å². The van der Waals surface area contributed by atoms with Crippen molar-refractivity contribution in [3.8, 4) is 0 Å². The Bertz CT molecular complexity index is 1570. The predicted molar refractivity (Wildman–Crippen MR) is 147 cm³/mol. The van der Waals surface area contributed by atoms with Crippen LogP contribution >= 0.6 is 23.2 Å². The molecule has 0 aliphatic rings. The van der Waals surface area contributed by atoms with Crippen molar-refractivity contribution in [1.82, 2.24) is 0 Å². The van der Waals surface area contributed by atoms with Gasteiger partial charge in [-0.2, -0.15) is 0 Å². The molecule has 0 unspecified atom stereocenters. The first kappa shape index (κ1) is 24.1. The van der Waals surface area contributed by atoms with E-state index < -0.39 is 0 Å². The minimum Gasteiger partial charge on any atom is -0.462 e. The zero-order valence-corrected chi connectivity index (χ0v) is 21.9. The lowest BCUT2D eigenvalue weighted by Crippen LogP contribution is -2.10. The molecule has 0 heterocycles. The molecule has 0 aliphatic carbocycles. The highest BCUT2D eigenvalue weighted by Gasteiger charge is 2.22. The third-order valence-corrected chi connectivity index (χ3v) is 7.00. The number of esters is 1. The standard InChI is InChI=1S/C30H28Cl2O3/c1-16(2)13-34-15-18-5-6-22-26-19(18)9-11-24(31)28(26)23-8-7-21(30(33)35-14-17(3)4)20-10-12-25(32)29(22)27(20)23/h5-12,16-17H,13-15H2,1-4H3. The van der Waals surface area contributed by atoms with Crippen molar-refractivity contribution in [3.05, 3.63) is 69.7 Å². The molecule has 0 atom stereocenters. The monoisotopic (exact) mass is 506 g/mol. The number of halogens is 2. The predicted octanol–water partition coefficient (Wildman–Crippen LogP) is 9.03. The maximum absolute atomic E-state index is 13.0. The number of rotatable bonds is 7. The highest BCUT2D eigenvalue weighted by atomic mass is 35.5. The van der Waals surface area contributed by atoms with Crippen molar-refractivity contribution in [3.63, 3.8) is 0 Å². The third kappa shape index (κ3) is 4.20. The van der Waals surface area contributed by atoms with E-state index in [-0.39, 0.29) is 11.9 Å². The van der Waals surface area contributed by atoms with E-state index in [2.05, 4.69) is 32.0 Å². The minimum atomic E-state index is -0.328. The molecular weight excluding hydrogens is 479 g/mol. The van der Waals surface area contributed by atoms with Crippen LogP contribution in [0.15, 0.2) is 48.5 Å². The molecule has 3 nitrogen and oxygen atoms in total. The number of hydrogen-bond acceptors (Lipinski definition) is 3. The lowest BCUT2D eigenvalue weighted by Gasteiger charge is -2.19. The summed E-state index contributed by atoms with van der Waals surface area (Å²) in [6.07, 6.45) is 0. The van der Waals surface area contributed by atoms with E-state index >= 15 is 0 Å². The van der Waals surface area contributed by atoms with Gasteiger partial charge < -0.3 is 9.47 Å². The summed E-state index contributed by atoms with van der Waals surface area (Å²) in [5.41, 5.74) is 1.65. The normalized spacial score (nSPS) is 12.2. The largest absolute Gasteiger partial charge is 0.462 e. The molecule has 0 saturated carbocycles. The Morgan fingerprint density at radius 3 is 1.86 bits per heavy atom. The molecule has 5 aromatic carbocycles. The Hall–Kier alpha value is -2.59. The first-order valence-electron chi connectivity index (χ1n) is 12.0. The SMILES string of the molecule is CC(C)COCc1ccc2c3c(Cl)ccc4c(C(=O)OCC(C)C)ccc(c5c(Cl)ccc1c25)c43. The van der Waals surface area contributed by atoms with Crippen molar-refractivity contribution < 1.29 is 14.3 Å². The maximum Gasteiger partial charge on any atom is 0.338 e. The second-order valence-electron chi connectivity index (χ2n) is 10.0. The van der Waals surface area contributed by atoms with Gasteiger partial charge in [0.1, 0.15) is 0 Å². The summed E-state index contributed by atoms with van der Waals surface area (Å²) in [4.78, 5) is 13.0. The number of carbonyl (C=O) groups is 1. The maximum atomic E-state index is 13.0. The molecular formula is C30H28Cl2O3. The first-order valence-corrected chi connectivity index (χ1v) is 12.8. The number of fused-ring (bicyclic) bond motifs is 2. The van der Waals surface area contributed by atoms with Crippen LogP contribution in [-0.4, -0.2) is 19.2 Å². The van der Waals surface area contributed by atoms with Crippen LogP contribution in [0, 0.1) is 11.8 Å². The molecule has 0 fully saturated rings. The lowest BCUT2D eigenvalue weighted by molar-refractivity contribution is 0.0461. The molecule has 0 amide bonds. The molecule has 0 saturated heterocycles. The van der Waals surface area contributed by atoms with Crippen LogP contribution in [0.1, 0.15) is 43.6 Å². The van der Waals surface area contributed by atoms with Crippen molar-refractivity contribution in [1.29, 1.82) is 0 Å². The van der Waals surface area contributed by atoms with Gasteiger partial charge in [0.25, 0.3) is 0 Å². The van der Waals surface area contributed by atoms with Crippen molar-refractivity contribution in [2.24, 2.45) is 11.8 Å². The van der Waals surface area contributed by atoms with Crippen LogP contribution in [-0.2, 0) is 16.1 Å². The Labute approximate surface area is 215 Å². The van der Waals surface area contributed by atoms with Gasteiger partial charge >= 0.3 is 5.97 Å². The van der Waals surface area contributed by atoms with Gasteiger partial charge in [-0.1, -0.05) is 81.2 Å². The van der Waals surface area contributed by atoms with E-state index in [4.69, 9.17) is 32.7 Å². The number of hydrogen-bond donors (Lipinski definition) is 0. The van der Waals surface area contributed by atoms with Gasteiger partial charge in [0, 0.05) is 27.4 Å². The fraction of sp³-hybridized carbons (Fsp3) is 0.300. The Balaban J connectivity index is 1.81. The number of ether oxygens (including phenoxy) is 2. The van der Waals surface area contributed by atoms with Gasteiger partial charge in [-0.3, -0.25) is 0 Å². The van der Waals surface area contributed by atoms with Crippen LogP contribution in [0.3, 0.4) is 0 Å². The van der Waals surface area contributed by atoms with Crippen LogP contribution < -0.4 is 0 Å². The van der Waals surface area contributed by atoms with Crippen LogP contribution in [0.25, 0.3) is 43.1 Å². The van der Waals surface area contributed by atoms with E-state index in [1.807, 2.05) is 44.2 Å². The molecule has 0 N–H and O–H groups in total. The highest BCUT2D eigenvalue weighted by molar-refractivity contribution is 6.47. The summed E-state index contributed by atoms with van der Waals surface area (Å²) in [6.45, 7) is 9.93. The molecule has 0 bridgehead atoms. The summed E-state index contributed by atoms with van der Waals surface area (Å²) in [5.74, 6) is 0.399. The quantitative estimate of drug-likeness (QED) is 0.125. The smallest absolute Gasteiger partial charge is 0.338 e. The van der Waals surface area contributed by atoms with E-state index in [9.17, 15) is 4.79 Å². The zero-order chi connectivity index (χ0) is 24.9. The van der Waals surface area contributed by atoms with Crippen LogP contribution in [0.4, 0.5) is 0 Å². The van der Waals surface area contributed by atoms with E-state index in [0.717, 1.165) is 48.7 Å². The second kappa shape index (κ2) is 9.46. The topological polar surface area (TPSA) is 35.5 Å². The fourth-order valence-corrected chi connectivity index (χ4v) is 5.39. The highest BCUT2D eigenvalue weighted by Crippen LogP contribution is 2.46. The summed E-state index contributed by atoms with van der Waals surface area (Å²) in [7, 11) is 0. The molecule has 0 radical (unpaired) electrons. The molecule has 5 aromatic rings. The second-order valence-corrected chi connectivity index (χ2v) is 10.8. The summed E-state index contributed by atoms with van der Waals surface area (Å²) in [6, 6.07) is 15.8. The summed E-state index contributed by atoms with van der Waals surface area (Å²) < 4.78 is 11.5. The molecule has 5 rings (SSSR count). The molecule has 0 aliphatic heterocycles. The number of benzene rings is 5. The average molecular weight is 507 g/mol. The summed E-state index contributed by atoms with van der Waals surface area (Å²) >= 11 is 13.6. The number of carbonyl (C=O) groups excluding carboxylic acids is 1. The Morgan fingerprint density at radius 1 is 0.686 bits per heavy atom. The molecule has 0 spiro atoms. The Morgan fingerprint density at radius 2 is 1.23 bits per heavy atom. The van der Waals surface area contributed by atoms with Crippen molar-refractivity contribution in [2.75, 3.05) is 13.2 Å².